The first-order valence-corrected chi connectivity index (χ1v) is 10.2. The molecule has 3 rings (SSSR count). The molecule has 0 saturated carbocycles. The lowest BCUT2D eigenvalue weighted by Gasteiger charge is -2.32. The molecule has 1 heterocycles. The van der Waals surface area contributed by atoms with Gasteiger partial charge in [-0.1, -0.05) is 6.92 Å². The molecule has 7 nitrogen and oxygen atoms in total. The number of likely N-dealkylation sites (tertiary alicyclic amines) is 1. The van der Waals surface area contributed by atoms with Crippen molar-refractivity contribution in [2.45, 2.75) is 26.2 Å². The number of hydrogen-bond acceptors (Lipinski definition) is 4. The van der Waals surface area contributed by atoms with Crippen molar-refractivity contribution in [1.82, 2.24) is 10.2 Å². The van der Waals surface area contributed by atoms with Crippen molar-refractivity contribution in [3.63, 3.8) is 0 Å². The number of piperidine rings is 1. The van der Waals surface area contributed by atoms with Crippen LogP contribution in [0.1, 0.15) is 46.9 Å². The lowest BCUT2D eigenvalue weighted by molar-refractivity contribution is -0.126. The van der Waals surface area contributed by atoms with Crippen LogP contribution < -0.4 is 15.8 Å². The first-order chi connectivity index (χ1) is 14.5. The van der Waals surface area contributed by atoms with Crippen LogP contribution in [0.25, 0.3) is 0 Å². The Balaban J connectivity index is 1.60. The van der Waals surface area contributed by atoms with Gasteiger partial charge in [0.2, 0.25) is 11.8 Å². The van der Waals surface area contributed by atoms with Crippen LogP contribution in [0.3, 0.4) is 0 Å². The predicted octanol–water partition coefficient (Wildman–Crippen LogP) is 2.96. The molecule has 1 aliphatic rings. The Morgan fingerprint density at radius 3 is 2.20 bits per heavy atom. The van der Waals surface area contributed by atoms with Gasteiger partial charge in [-0.25, -0.2) is 0 Å². The Morgan fingerprint density at radius 1 is 1.03 bits per heavy atom. The van der Waals surface area contributed by atoms with Crippen LogP contribution in [0.4, 0.5) is 0 Å². The summed E-state index contributed by atoms with van der Waals surface area (Å²) in [7, 11) is 0. The van der Waals surface area contributed by atoms with Crippen molar-refractivity contribution >= 4 is 17.7 Å². The molecule has 1 fully saturated rings. The smallest absolute Gasteiger partial charge is 0.253 e. The molecule has 1 aliphatic heterocycles. The van der Waals surface area contributed by atoms with Crippen LogP contribution in [0.5, 0.6) is 11.5 Å². The standard InChI is InChI=1S/C23H27N3O4/c1-2-13-25-22(28)18-4-3-14-26(15-18)23(29)17-7-11-20(12-8-17)30-19-9-5-16(6-10-19)21(24)27/h5-12,18H,2-4,13-15H2,1H3,(H2,24,27)(H,25,28). The molecular weight excluding hydrogens is 382 g/mol. The van der Waals surface area contributed by atoms with Crippen molar-refractivity contribution in [2.24, 2.45) is 11.7 Å². The van der Waals surface area contributed by atoms with Gasteiger partial charge < -0.3 is 20.7 Å². The van der Waals surface area contributed by atoms with E-state index in [1.165, 1.54) is 0 Å². The Kier molecular flexibility index (Phi) is 7.06. The summed E-state index contributed by atoms with van der Waals surface area (Å²) >= 11 is 0. The lowest BCUT2D eigenvalue weighted by Crippen LogP contribution is -2.45. The average molecular weight is 409 g/mol. The minimum absolute atomic E-state index is 0.0282. The van der Waals surface area contributed by atoms with Crippen LogP contribution in [-0.4, -0.2) is 42.3 Å². The fourth-order valence-corrected chi connectivity index (χ4v) is 3.44. The number of nitrogens with two attached hydrogens (primary N) is 1. The third-order valence-electron chi connectivity index (χ3n) is 5.10. The van der Waals surface area contributed by atoms with E-state index in [0.717, 1.165) is 19.3 Å². The Bertz CT molecular complexity index is 894. The fourth-order valence-electron chi connectivity index (χ4n) is 3.44. The maximum Gasteiger partial charge on any atom is 0.253 e. The number of primary amides is 1. The van der Waals surface area contributed by atoms with Crippen LogP contribution in [0.15, 0.2) is 48.5 Å². The maximum atomic E-state index is 12.9. The number of carbonyl (C=O) groups is 3. The zero-order valence-corrected chi connectivity index (χ0v) is 17.1. The van der Waals surface area contributed by atoms with Gasteiger partial charge in [-0.05, 0) is 67.8 Å². The molecule has 3 N–H and O–H groups in total. The number of rotatable bonds is 7. The Morgan fingerprint density at radius 2 is 1.63 bits per heavy atom. The van der Waals surface area contributed by atoms with E-state index in [9.17, 15) is 14.4 Å². The van der Waals surface area contributed by atoms with Gasteiger partial charge in [-0.2, -0.15) is 0 Å². The first-order valence-electron chi connectivity index (χ1n) is 10.2. The van der Waals surface area contributed by atoms with Gasteiger partial charge in [0.15, 0.2) is 0 Å². The van der Waals surface area contributed by atoms with Crippen molar-refractivity contribution in [3.05, 3.63) is 59.7 Å². The average Bonchev–Trinajstić information content (AvgIpc) is 2.78. The highest BCUT2D eigenvalue weighted by Crippen LogP contribution is 2.24. The number of carbonyl (C=O) groups excluding carboxylic acids is 3. The molecule has 2 aromatic carbocycles. The predicted molar refractivity (Wildman–Crippen MR) is 113 cm³/mol. The molecule has 2 aromatic rings. The molecule has 1 unspecified atom stereocenters. The summed E-state index contributed by atoms with van der Waals surface area (Å²) in [6.45, 7) is 3.77. The molecule has 0 aliphatic carbocycles. The minimum Gasteiger partial charge on any atom is -0.457 e. The number of benzene rings is 2. The molecule has 3 amide bonds. The zero-order chi connectivity index (χ0) is 21.5. The molecule has 30 heavy (non-hydrogen) atoms. The van der Waals surface area contributed by atoms with Gasteiger partial charge in [-0.3, -0.25) is 14.4 Å². The van der Waals surface area contributed by atoms with E-state index >= 15 is 0 Å². The van der Waals surface area contributed by atoms with Crippen LogP contribution in [0.2, 0.25) is 0 Å². The number of hydrogen-bond donors (Lipinski definition) is 2. The van der Waals surface area contributed by atoms with Gasteiger partial charge in [-0.15, -0.1) is 0 Å². The van der Waals surface area contributed by atoms with Gasteiger partial charge in [0, 0.05) is 30.8 Å². The molecule has 1 atom stereocenters. The van der Waals surface area contributed by atoms with Gasteiger partial charge in [0.1, 0.15) is 11.5 Å². The topological polar surface area (TPSA) is 102 Å². The molecule has 1 saturated heterocycles. The summed E-state index contributed by atoms with van der Waals surface area (Å²) in [5, 5.41) is 2.92. The van der Waals surface area contributed by atoms with E-state index in [1.807, 2.05) is 6.92 Å². The van der Waals surface area contributed by atoms with Gasteiger partial charge >= 0.3 is 0 Å². The second-order valence-corrected chi connectivity index (χ2v) is 7.40. The van der Waals surface area contributed by atoms with Gasteiger partial charge in [0.05, 0.1) is 5.92 Å². The minimum atomic E-state index is -0.493. The quantitative estimate of drug-likeness (QED) is 0.734. The van der Waals surface area contributed by atoms with Crippen molar-refractivity contribution in [2.75, 3.05) is 19.6 Å². The number of ether oxygens (including phenoxy) is 1. The summed E-state index contributed by atoms with van der Waals surface area (Å²) in [6, 6.07) is 13.4. The third kappa shape index (κ3) is 5.37. The summed E-state index contributed by atoms with van der Waals surface area (Å²) in [4.78, 5) is 38.0. The summed E-state index contributed by atoms with van der Waals surface area (Å²) in [6.07, 6.45) is 2.52. The normalized spacial score (nSPS) is 16.0. The second-order valence-electron chi connectivity index (χ2n) is 7.40. The molecular formula is C23H27N3O4. The van der Waals surface area contributed by atoms with E-state index in [-0.39, 0.29) is 17.7 Å². The zero-order valence-electron chi connectivity index (χ0n) is 17.1. The van der Waals surface area contributed by atoms with E-state index in [0.29, 0.717) is 42.3 Å². The fraction of sp³-hybridized carbons (Fsp3) is 0.348. The summed E-state index contributed by atoms with van der Waals surface area (Å²) in [5.41, 5.74) is 6.20. The molecule has 0 bridgehead atoms. The number of nitrogens with one attached hydrogen (secondary N) is 1. The Hall–Kier alpha value is -3.35. The highest BCUT2D eigenvalue weighted by Gasteiger charge is 2.28. The van der Waals surface area contributed by atoms with Crippen LogP contribution in [0, 0.1) is 5.92 Å². The molecule has 0 radical (unpaired) electrons. The Labute approximate surface area is 176 Å². The number of amides is 3. The van der Waals surface area contributed by atoms with E-state index in [1.54, 1.807) is 53.4 Å². The molecule has 0 aromatic heterocycles. The van der Waals surface area contributed by atoms with Crippen molar-refractivity contribution in [3.8, 4) is 11.5 Å². The van der Waals surface area contributed by atoms with Crippen molar-refractivity contribution < 1.29 is 19.1 Å². The summed E-state index contributed by atoms with van der Waals surface area (Å²) < 4.78 is 5.75. The molecule has 0 spiro atoms. The largest absolute Gasteiger partial charge is 0.457 e. The monoisotopic (exact) mass is 409 g/mol. The highest BCUT2D eigenvalue weighted by atomic mass is 16.5. The first kappa shape index (κ1) is 21.4. The lowest BCUT2D eigenvalue weighted by atomic mass is 9.96. The van der Waals surface area contributed by atoms with Crippen LogP contribution in [-0.2, 0) is 4.79 Å². The molecule has 7 heteroatoms. The van der Waals surface area contributed by atoms with Crippen LogP contribution >= 0.6 is 0 Å². The second kappa shape index (κ2) is 9.91. The van der Waals surface area contributed by atoms with E-state index in [2.05, 4.69) is 5.32 Å². The van der Waals surface area contributed by atoms with E-state index < -0.39 is 5.91 Å². The molecule has 158 valence electrons. The van der Waals surface area contributed by atoms with Gasteiger partial charge in [0.25, 0.3) is 5.91 Å². The highest BCUT2D eigenvalue weighted by molar-refractivity contribution is 5.95. The SMILES string of the molecule is CCCNC(=O)C1CCCN(C(=O)c2ccc(Oc3ccc(C(N)=O)cc3)cc2)C1. The number of nitrogens with zero attached hydrogens (tertiary/aromatic N) is 1. The maximum absolute atomic E-state index is 12.9. The third-order valence-corrected chi connectivity index (χ3v) is 5.10. The van der Waals surface area contributed by atoms with E-state index in [4.69, 9.17) is 10.5 Å². The van der Waals surface area contributed by atoms with Crippen molar-refractivity contribution in [1.29, 1.82) is 0 Å². The summed E-state index contributed by atoms with van der Waals surface area (Å²) in [5.74, 6) is 0.443.